The molecule has 3 atom stereocenters. The van der Waals surface area contributed by atoms with E-state index in [1.165, 1.54) is 35.6 Å². The smallest absolute Gasteiger partial charge is 0.417 e. The molecule has 3 heterocycles. The van der Waals surface area contributed by atoms with Crippen LogP contribution in [0.1, 0.15) is 60.0 Å². The molecule has 3 N–H and O–H groups in total. The van der Waals surface area contributed by atoms with E-state index in [0.29, 0.717) is 35.5 Å². The molecule has 41 heavy (non-hydrogen) atoms. The van der Waals surface area contributed by atoms with E-state index >= 15 is 0 Å². The molecule has 2 saturated heterocycles. The molecule has 2 bridgehead atoms. The average Bonchev–Trinajstić information content (AvgIpc) is 3.63. The van der Waals surface area contributed by atoms with Crippen LogP contribution >= 0.6 is 11.3 Å². The van der Waals surface area contributed by atoms with Gasteiger partial charge in [0.15, 0.2) is 16.7 Å². The number of piperidine rings is 1. The predicted molar refractivity (Wildman–Crippen MR) is 145 cm³/mol. The van der Waals surface area contributed by atoms with Gasteiger partial charge in [0.05, 0.1) is 28.5 Å². The summed E-state index contributed by atoms with van der Waals surface area (Å²) in [7, 11) is 0. The lowest BCUT2D eigenvalue weighted by molar-refractivity contribution is -0.137. The Hall–Kier alpha value is -3.51. The van der Waals surface area contributed by atoms with Gasteiger partial charge in [0.2, 0.25) is 0 Å². The van der Waals surface area contributed by atoms with Crippen LogP contribution in [0.4, 0.5) is 22.7 Å². The number of aromatic nitrogens is 1. The van der Waals surface area contributed by atoms with Gasteiger partial charge in [0.1, 0.15) is 5.52 Å². The van der Waals surface area contributed by atoms with Gasteiger partial charge < -0.3 is 20.5 Å². The number of ketones is 1. The Morgan fingerprint density at radius 3 is 2.41 bits per heavy atom. The van der Waals surface area contributed by atoms with Crippen LogP contribution in [0.25, 0.3) is 15.9 Å². The van der Waals surface area contributed by atoms with Gasteiger partial charge in [-0.2, -0.15) is 13.2 Å². The molecule has 0 radical (unpaired) electrons. The van der Waals surface area contributed by atoms with Crippen LogP contribution in [0.5, 0.6) is 0 Å². The molecule has 2 unspecified atom stereocenters. The molecular weight excluding hydrogens is 562 g/mol. The van der Waals surface area contributed by atoms with Gasteiger partial charge in [0.25, 0.3) is 0 Å². The Morgan fingerprint density at radius 1 is 1.10 bits per heavy atom. The fourth-order valence-corrected chi connectivity index (χ4v) is 7.15. The van der Waals surface area contributed by atoms with Crippen molar-refractivity contribution in [1.82, 2.24) is 4.98 Å². The predicted octanol–water partition coefficient (Wildman–Crippen LogP) is 6.02. The van der Waals surface area contributed by atoms with Crippen molar-refractivity contribution in [2.45, 2.75) is 62.9 Å². The number of hydrogen-bond acceptors (Lipinski definition) is 7. The lowest BCUT2D eigenvalue weighted by Gasteiger charge is -2.38. The van der Waals surface area contributed by atoms with Crippen molar-refractivity contribution >= 4 is 44.1 Å². The Kier molecular flexibility index (Phi) is 7.01. The maximum atomic E-state index is 14.6. The van der Waals surface area contributed by atoms with Crippen molar-refractivity contribution in [2.24, 2.45) is 11.7 Å². The van der Waals surface area contributed by atoms with Crippen LogP contribution in [-0.4, -0.2) is 46.6 Å². The van der Waals surface area contributed by atoms with Gasteiger partial charge in [-0.1, -0.05) is 29.5 Å². The molecule has 0 spiro atoms. The number of nitrogens with zero attached hydrogens (tertiary/aromatic N) is 2. The number of ether oxygens (including phenoxy) is 1. The van der Waals surface area contributed by atoms with Gasteiger partial charge in [0, 0.05) is 34.8 Å². The summed E-state index contributed by atoms with van der Waals surface area (Å²) in [5.74, 6) is -2.41. The van der Waals surface area contributed by atoms with E-state index in [1.54, 1.807) is 0 Å². The summed E-state index contributed by atoms with van der Waals surface area (Å²) in [5.41, 5.74) is 5.01. The van der Waals surface area contributed by atoms with E-state index < -0.39 is 23.5 Å². The maximum absolute atomic E-state index is 14.6. The van der Waals surface area contributed by atoms with E-state index in [2.05, 4.69) is 9.88 Å². The van der Waals surface area contributed by atoms with E-state index in [0.717, 1.165) is 25.0 Å². The largest absolute Gasteiger partial charge is 0.478 e. The first-order valence-electron chi connectivity index (χ1n) is 13.4. The van der Waals surface area contributed by atoms with E-state index in [4.69, 9.17) is 10.5 Å². The molecule has 12 heteroatoms. The highest BCUT2D eigenvalue weighted by Gasteiger charge is 2.43. The number of anilines is 1. The number of carboxylic acid groups (broad SMARTS) is 1. The lowest BCUT2D eigenvalue weighted by atomic mass is 9.97. The first-order valence-corrected chi connectivity index (χ1v) is 14.3. The minimum absolute atomic E-state index is 0.0381. The Balaban J connectivity index is 1.21. The molecule has 3 aliphatic rings. The van der Waals surface area contributed by atoms with Crippen LogP contribution in [-0.2, 0) is 15.7 Å². The maximum Gasteiger partial charge on any atom is 0.417 e. The zero-order valence-corrected chi connectivity index (χ0v) is 22.6. The summed E-state index contributed by atoms with van der Waals surface area (Å²) in [5, 5.41) is 9.88. The Morgan fingerprint density at radius 2 is 1.78 bits per heavy atom. The Bertz CT molecular complexity index is 1550. The molecular formula is C29H27F4N3O4S. The number of nitrogens with two attached hydrogens (primary N) is 1. The monoisotopic (exact) mass is 589 g/mol. The zero-order valence-electron chi connectivity index (χ0n) is 21.8. The number of rotatable bonds is 8. The summed E-state index contributed by atoms with van der Waals surface area (Å²) in [4.78, 5) is 31.1. The van der Waals surface area contributed by atoms with E-state index in [1.807, 2.05) is 0 Å². The number of benzene rings is 2. The van der Waals surface area contributed by atoms with Gasteiger partial charge in [-0.15, -0.1) is 0 Å². The number of halogens is 4. The minimum atomic E-state index is -4.62. The molecule has 3 fully saturated rings. The normalized spacial score (nSPS) is 23.1. The molecule has 0 amide bonds. The summed E-state index contributed by atoms with van der Waals surface area (Å²) < 4.78 is 62.3. The molecule has 2 aliphatic heterocycles. The van der Waals surface area contributed by atoms with Crippen LogP contribution in [0, 0.1) is 11.7 Å². The third kappa shape index (κ3) is 5.30. The number of aromatic carboxylic acids is 1. The fourth-order valence-electron chi connectivity index (χ4n) is 5.99. The highest BCUT2D eigenvalue weighted by atomic mass is 32.1. The van der Waals surface area contributed by atoms with Crippen molar-refractivity contribution in [3.63, 3.8) is 0 Å². The molecule has 2 aromatic carbocycles. The number of carboxylic acids is 1. The zero-order chi connectivity index (χ0) is 29.1. The van der Waals surface area contributed by atoms with Gasteiger partial charge in [-0.05, 0) is 56.7 Å². The lowest BCUT2D eigenvalue weighted by Crippen LogP contribution is -2.45. The van der Waals surface area contributed by atoms with Gasteiger partial charge >= 0.3 is 12.1 Å². The number of hydrogen-bond donors (Lipinski definition) is 2. The van der Waals surface area contributed by atoms with Crippen LogP contribution in [0.2, 0.25) is 0 Å². The number of alkyl halides is 3. The Labute approximate surface area is 236 Å². The quantitative estimate of drug-likeness (QED) is 0.245. The molecule has 1 saturated carbocycles. The number of carbonyl (C=O) groups excluding carboxylic acids is 1. The van der Waals surface area contributed by atoms with Crippen molar-refractivity contribution in [2.75, 3.05) is 11.5 Å². The number of carbonyl (C=O) groups is 2. The molecule has 6 rings (SSSR count). The van der Waals surface area contributed by atoms with Crippen molar-refractivity contribution in [3.05, 3.63) is 64.5 Å². The first kappa shape index (κ1) is 27.6. The second-order valence-corrected chi connectivity index (χ2v) is 11.9. The first-order chi connectivity index (χ1) is 19.5. The second kappa shape index (κ2) is 10.4. The van der Waals surface area contributed by atoms with Crippen LogP contribution < -0.4 is 10.6 Å². The minimum Gasteiger partial charge on any atom is -0.478 e. The molecule has 7 nitrogen and oxygen atoms in total. The van der Waals surface area contributed by atoms with E-state index in [-0.39, 0.29) is 64.4 Å². The summed E-state index contributed by atoms with van der Waals surface area (Å²) in [6, 6.07) is 7.44. The fraction of sp³-hybridized carbons (Fsp3) is 0.414. The van der Waals surface area contributed by atoms with Crippen molar-refractivity contribution < 1.29 is 37.0 Å². The number of fused-ring (bicyclic) bond motifs is 3. The third-order valence-corrected chi connectivity index (χ3v) is 9.17. The van der Waals surface area contributed by atoms with Crippen LogP contribution in [0.3, 0.4) is 0 Å². The van der Waals surface area contributed by atoms with Gasteiger partial charge in [-0.3, -0.25) is 4.79 Å². The number of Topliss-reactive ketones (excluding diaryl/α,β-unsaturated/α-hetero) is 1. The van der Waals surface area contributed by atoms with Gasteiger partial charge in [-0.25, -0.2) is 14.2 Å². The third-order valence-electron chi connectivity index (χ3n) is 8.15. The summed E-state index contributed by atoms with van der Waals surface area (Å²) >= 11 is 1.25. The highest BCUT2D eigenvalue weighted by molar-refractivity contribution is 7.22. The van der Waals surface area contributed by atoms with E-state index in [9.17, 15) is 32.3 Å². The summed E-state index contributed by atoms with van der Waals surface area (Å²) in [6.45, 7) is -0.179. The molecule has 1 aromatic heterocycles. The molecule has 1 aliphatic carbocycles. The standard InChI is InChI=1S/C29H27F4N3O4S/c30-22-9-15(27(38)39)10-23-25(22)35-28(41-23)36-16-7-8-17(36)12-18(11-16)40-13-20(26(37)14-5-6-14)24(34)19-3-1-2-4-21(19)29(31,32)33/h1-4,9-10,14,16-18H,5-8,11-13,34H2,(H,38,39)/t16-,17?,18?/m0/s1. The SMILES string of the molecule is NC(=C(COC1CC2CC[C@@H](C1)N2c1nc2c(F)cc(C(=O)O)cc2s1)C(=O)C1CC1)c1ccccc1C(F)(F)F. The summed E-state index contributed by atoms with van der Waals surface area (Å²) in [6.07, 6.45) is -0.617. The van der Waals surface area contributed by atoms with Crippen molar-refractivity contribution in [1.29, 1.82) is 0 Å². The molecule has 3 aromatic rings. The molecule has 216 valence electrons. The number of thiazole rings is 1. The van der Waals surface area contributed by atoms with Crippen LogP contribution in [0.15, 0.2) is 42.0 Å². The second-order valence-electron chi connectivity index (χ2n) is 10.9. The average molecular weight is 590 g/mol. The topological polar surface area (TPSA) is 106 Å². The highest BCUT2D eigenvalue weighted by Crippen LogP contribution is 2.44. The van der Waals surface area contributed by atoms with Crippen molar-refractivity contribution in [3.8, 4) is 0 Å².